The van der Waals surface area contributed by atoms with Crippen LogP contribution in [0.15, 0.2) is 73.3 Å². The highest BCUT2D eigenvalue weighted by molar-refractivity contribution is 5.52. The van der Waals surface area contributed by atoms with Crippen LogP contribution in [-0.2, 0) is 26.0 Å². The van der Waals surface area contributed by atoms with Gasteiger partial charge in [0.05, 0.1) is 7.11 Å². The van der Waals surface area contributed by atoms with Crippen LogP contribution in [0.3, 0.4) is 0 Å². The minimum atomic E-state index is -0.259. The second-order valence-electron chi connectivity index (χ2n) is 7.10. The van der Waals surface area contributed by atoms with E-state index in [9.17, 15) is 4.39 Å². The van der Waals surface area contributed by atoms with Crippen molar-refractivity contribution in [1.82, 2.24) is 0 Å². The SMILES string of the molecule is C=CCc1cc(CNc2ccc(CC)cc2)cc(OC)c1OCc1ccc(F)cc1. The van der Waals surface area contributed by atoms with Gasteiger partial charge >= 0.3 is 0 Å². The van der Waals surface area contributed by atoms with Crippen LogP contribution in [0.5, 0.6) is 11.5 Å². The van der Waals surface area contributed by atoms with Crippen molar-refractivity contribution < 1.29 is 13.9 Å². The summed E-state index contributed by atoms with van der Waals surface area (Å²) in [6.45, 7) is 7.02. The maximum atomic E-state index is 13.1. The van der Waals surface area contributed by atoms with Gasteiger partial charge in [-0.25, -0.2) is 4.39 Å². The van der Waals surface area contributed by atoms with E-state index in [0.717, 1.165) is 28.8 Å². The molecular formula is C26H28FNO2. The number of rotatable bonds is 10. The Bertz CT molecular complexity index is 966. The maximum absolute atomic E-state index is 13.1. The zero-order chi connectivity index (χ0) is 21.3. The third kappa shape index (κ3) is 5.63. The van der Waals surface area contributed by atoms with Gasteiger partial charge in [-0.2, -0.15) is 0 Å². The zero-order valence-corrected chi connectivity index (χ0v) is 17.6. The van der Waals surface area contributed by atoms with Crippen molar-refractivity contribution in [1.29, 1.82) is 0 Å². The molecule has 4 heteroatoms. The Balaban J connectivity index is 1.77. The molecule has 0 aromatic heterocycles. The topological polar surface area (TPSA) is 30.5 Å². The lowest BCUT2D eigenvalue weighted by molar-refractivity contribution is 0.281. The molecule has 3 aromatic rings. The fourth-order valence-electron chi connectivity index (χ4n) is 3.25. The quantitative estimate of drug-likeness (QED) is 0.401. The number of allylic oxidation sites excluding steroid dienone is 1. The third-order valence-corrected chi connectivity index (χ3v) is 4.93. The molecule has 0 bridgehead atoms. The molecule has 0 saturated carbocycles. The lowest BCUT2D eigenvalue weighted by atomic mass is 10.0. The standard InChI is InChI=1S/C26H28FNO2/c1-4-6-22-15-21(17-28-24-13-9-19(5-2)10-14-24)16-25(29-3)26(22)30-18-20-7-11-23(27)12-8-20/h4,7-16,28H,1,5-6,17-18H2,2-3H3. The average Bonchev–Trinajstić information content (AvgIpc) is 2.78. The largest absolute Gasteiger partial charge is 0.493 e. The molecule has 0 amide bonds. The van der Waals surface area contributed by atoms with Crippen LogP contribution in [0.25, 0.3) is 0 Å². The van der Waals surface area contributed by atoms with Gasteiger partial charge in [0.1, 0.15) is 12.4 Å². The number of hydrogen-bond acceptors (Lipinski definition) is 3. The second kappa shape index (κ2) is 10.5. The molecule has 3 nitrogen and oxygen atoms in total. The number of aryl methyl sites for hydroxylation is 1. The van der Waals surface area contributed by atoms with Gasteiger partial charge in [-0.3, -0.25) is 0 Å². The van der Waals surface area contributed by atoms with Crippen molar-refractivity contribution >= 4 is 5.69 Å². The van der Waals surface area contributed by atoms with Gasteiger partial charge in [0.25, 0.3) is 0 Å². The van der Waals surface area contributed by atoms with Crippen molar-refractivity contribution in [2.75, 3.05) is 12.4 Å². The normalized spacial score (nSPS) is 10.5. The van der Waals surface area contributed by atoms with Crippen molar-refractivity contribution in [2.45, 2.75) is 32.9 Å². The Hall–Kier alpha value is -3.27. The van der Waals surface area contributed by atoms with Gasteiger partial charge in [0.15, 0.2) is 11.5 Å². The molecule has 0 aliphatic heterocycles. The Labute approximate surface area is 178 Å². The van der Waals surface area contributed by atoms with E-state index in [4.69, 9.17) is 9.47 Å². The van der Waals surface area contributed by atoms with Crippen LogP contribution < -0.4 is 14.8 Å². The summed E-state index contributed by atoms with van der Waals surface area (Å²) < 4.78 is 24.8. The van der Waals surface area contributed by atoms with Crippen LogP contribution in [0.2, 0.25) is 0 Å². The molecule has 156 valence electrons. The molecule has 0 unspecified atom stereocenters. The number of ether oxygens (including phenoxy) is 2. The number of benzene rings is 3. The summed E-state index contributed by atoms with van der Waals surface area (Å²) in [4.78, 5) is 0. The Morgan fingerprint density at radius 3 is 2.30 bits per heavy atom. The summed E-state index contributed by atoms with van der Waals surface area (Å²) in [6.07, 6.45) is 3.54. The van der Waals surface area contributed by atoms with Crippen molar-refractivity contribution in [3.05, 3.63) is 101 Å². The average molecular weight is 406 g/mol. The first-order chi connectivity index (χ1) is 14.6. The molecule has 3 aromatic carbocycles. The first-order valence-corrected chi connectivity index (χ1v) is 10.1. The number of halogens is 1. The van der Waals surface area contributed by atoms with E-state index in [0.29, 0.717) is 31.1 Å². The fraction of sp³-hybridized carbons (Fsp3) is 0.231. The van der Waals surface area contributed by atoms with E-state index in [1.165, 1.54) is 17.7 Å². The number of nitrogens with one attached hydrogen (secondary N) is 1. The summed E-state index contributed by atoms with van der Waals surface area (Å²) in [5.41, 5.74) is 5.39. The van der Waals surface area contributed by atoms with Gasteiger partial charge in [-0.15, -0.1) is 6.58 Å². The summed E-state index contributed by atoms with van der Waals surface area (Å²) in [5.74, 6) is 1.11. The molecule has 1 N–H and O–H groups in total. The van der Waals surface area contributed by atoms with Gasteiger partial charge in [-0.05, 0) is 65.9 Å². The smallest absolute Gasteiger partial charge is 0.165 e. The van der Waals surface area contributed by atoms with Crippen LogP contribution in [0, 0.1) is 5.82 Å². The third-order valence-electron chi connectivity index (χ3n) is 4.93. The Morgan fingerprint density at radius 2 is 1.67 bits per heavy atom. The summed E-state index contributed by atoms with van der Waals surface area (Å²) in [6, 6.07) is 18.9. The molecule has 0 atom stereocenters. The highest BCUT2D eigenvalue weighted by atomic mass is 19.1. The molecular weight excluding hydrogens is 377 g/mol. The van der Waals surface area contributed by atoms with Gasteiger partial charge in [-0.1, -0.05) is 37.3 Å². The monoisotopic (exact) mass is 405 g/mol. The van der Waals surface area contributed by atoms with Crippen LogP contribution in [0.4, 0.5) is 10.1 Å². The van der Waals surface area contributed by atoms with Gasteiger partial charge in [0, 0.05) is 17.8 Å². The van der Waals surface area contributed by atoms with Gasteiger partial charge in [0.2, 0.25) is 0 Å². The van der Waals surface area contributed by atoms with E-state index < -0.39 is 0 Å². The highest BCUT2D eigenvalue weighted by Gasteiger charge is 2.13. The minimum absolute atomic E-state index is 0.259. The predicted octanol–water partition coefficient (Wildman–Crippen LogP) is 6.32. The Morgan fingerprint density at radius 1 is 0.967 bits per heavy atom. The molecule has 0 spiro atoms. The van der Waals surface area contributed by atoms with Crippen molar-refractivity contribution in [3.8, 4) is 11.5 Å². The first-order valence-electron chi connectivity index (χ1n) is 10.1. The highest BCUT2D eigenvalue weighted by Crippen LogP contribution is 2.34. The summed E-state index contributed by atoms with van der Waals surface area (Å²) in [5, 5.41) is 3.46. The van der Waals surface area contributed by atoms with Crippen molar-refractivity contribution in [3.63, 3.8) is 0 Å². The molecule has 0 heterocycles. The molecule has 0 aliphatic rings. The van der Waals surface area contributed by atoms with Crippen molar-refractivity contribution in [2.24, 2.45) is 0 Å². The van der Waals surface area contributed by atoms with Crippen LogP contribution in [-0.4, -0.2) is 7.11 Å². The maximum Gasteiger partial charge on any atom is 0.165 e. The number of hydrogen-bond donors (Lipinski definition) is 1. The first kappa shape index (κ1) is 21.4. The molecule has 0 saturated heterocycles. The zero-order valence-electron chi connectivity index (χ0n) is 17.6. The van der Waals surface area contributed by atoms with E-state index in [2.05, 4.69) is 49.2 Å². The lowest BCUT2D eigenvalue weighted by Crippen LogP contribution is -2.05. The Kier molecular flexibility index (Phi) is 7.50. The molecule has 0 fully saturated rings. The van der Waals surface area contributed by atoms with E-state index in [1.54, 1.807) is 19.2 Å². The summed E-state index contributed by atoms with van der Waals surface area (Å²) >= 11 is 0. The minimum Gasteiger partial charge on any atom is -0.493 e. The fourth-order valence-corrected chi connectivity index (χ4v) is 3.25. The van der Waals surface area contributed by atoms with E-state index in [1.807, 2.05) is 12.1 Å². The van der Waals surface area contributed by atoms with Crippen LogP contribution >= 0.6 is 0 Å². The lowest BCUT2D eigenvalue weighted by Gasteiger charge is -2.17. The van der Waals surface area contributed by atoms with Gasteiger partial charge < -0.3 is 14.8 Å². The molecule has 30 heavy (non-hydrogen) atoms. The van der Waals surface area contributed by atoms with Crippen LogP contribution in [0.1, 0.15) is 29.2 Å². The van der Waals surface area contributed by atoms with E-state index in [-0.39, 0.29) is 5.82 Å². The predicted molar refractivity (Wildman–Crippen MR) is 121 cm³/mol. The van der Waals surface area contributed by atoms with E-state index >= 15 is 0 Å². The molecule has 0 aliphatic carbocycles. The number of methoxy groups -OCH3 is 1. The molecule has 3 rings (SSSR count). The second-order valence-corrected chi connectivity index (χ2v) is 7.10. The summed E-state index contributed by atoms with van der Waals surface area (Å²) in [7, 11) is 1.64. The molecule has 0 radical (unpaired) electrons. The number of anilines is 1.